The van der Waals surface area contributed by atoms with Crippen LogP contribution in [0.2, 0.25) is 5.02 Å². The Hall–Kier alpha value is -3.60. The average molecular weight is 607 g/mol. The van der Waals surface area contributed by atoms with Crippen LogP contribution in [-0.4, -0.2) is 62.6 Å². The van der Waals surface area contributed by atoms with Crippen LogP contribution in [0.4, 0.5) is 11.4 Å². The van der Waals surface area contributed by atoms with Crippen LogP contribution in [-0.2, 0) is 32.5 Å². The molecule has 11 heteroatoms. The zero-order chi connectivity index (χ0) is 29.4. The van der Waals surface area contributed by atoms with E-state index in [-0.39, 0.29) is 23.9 Å². The average Bonchev–Trinajstić information content (AvgIpc) is 3.58. The van der Waals surface area contributed by atoms with Crippen LogP contribution < -0.4 is 20.3 Å². The number of likely N-dealkylation sites (tertiary alicyclic amines) is 1. The molecule has 4 atom stereocenters. The van der Waals surface area contributed by atoms with Gasteiger partial charge in [-0.05, 0) is 53.8 Å². The minimum absolute atomic E-state index is 0.0369. The fourth-order valence-electron chi connectivity index (χ4n) is 6.35. The van der Waals surface area contributed by atoms with Gasteiger partial charge < -0.3 is 15.1 Å². The second-order valence-electron chi connectivity index (χ2n) is 11.2. The Balaban J connectivity index is 1.21. The lowest BCUT2D eigenvalue weighted by atomic mass is 9.93. The first-order valence-corrected chi connectivity index (χ1v) is 16.3. The van der Waals surface area contributed by atoms with Crippen molar-refractivity contribution in [1.82, 2.24) is 15.5 Å². The van der Waals surface area contributed by atoms with E-state index in [9.17, 15) is 18.0 Å². The number of amides is 2. The molecule has 2 fully saturated rings. The van der Waals surface area contributed by atoms with Gasteiger partial charge in [-0.2, -0.15) is 0 Å². The standard InChI is InChI=1S/C31H33ClN5O4S/c1-42(40,41)35-26-8-4-5-9-28(26)36-18-24-17-23(36)19-37(24)31(39)27(16-20-10-12-22(32)13-11-20)34-30(38)29-25-7-3-2-6-21(25)14-15-33-29/h2-13,15,23-24,27,29,33,35H,14,16-19H2,1H3,(H,34,38)/t23?,24?,27-,29?/m1/s1. The molecule has 1 radical (unpaired) electrons. The number of para-hydroxylation sites is 2. The first-order valence-electron chi connectivity index (χ1n) is 14.0. The summed E-state index contributed by atoms with van der Waals surface area (Å²) >= 11 is 6.10. The van der Waals surface area contributed by atoms with Gasteiger partial charge in [-0.1, -0.05) is 60.1 Å². The maximum absolute atomic E-state index is 14.1. The molecule has 6 rings (SSSR count). The van der Waals surface area contributed by atoms with Crippen LogP contribution >= 0.6 is 11.6 Å². The van der Waals surface area contributed by atoms with Crippen molar-refractivity contribution in [1.29, 1.82) is 0 Å². The molecule has 3 heterocycles. The molecule has 2 bridgehead atoms. The van der Waals surface area contributed by atoms with E-state index in [4.69, 9.17) is 11.6 Å². The summed E-state index contributed by atoms with van der Waals surface area (Å²) in [5.41, 5.74) is 4.21. The Morgan fingerprint density at radius 1 is 1.00 bits per heavy atom. The molecule has 0 aliphatic carbocycles. The first-order chi connectivity index (χ1) is 20.2. The Kier molecular flexibility index (Phi) is 7.87. The van der Waals surface area contributed by atoms with Crippen molar-refractivity contribution in [3.8, 4) is 0 Å². The van der Waals surface area contributed by atoms with E-state index in [1.54, 1.807) is 24.3 Å². The zero-order valence-corrected chi connectivity index (χ0v) is 24.7. The predicted octanol–water partition coefficient (Wildman–Crippen LogP) is 3.28. The molecule has 3 aliphatic heterocycles. The van der Waals surface area contributed by atoms with Crippen molar-refractivity contribution < 1.29 is 18.0 Å². The van der Waals surface area contributed by atoms with Gasteiger partial charge in [0, 0.05) is 37.1 Å². The number of anilines is 2. The van der Waals surface area contributed by atoms with E-state index < -0.39 is 22.1 Å². The minimum atomic E-state index is -3.45. The highest BCUT2D eigenvalue weighted by atomic mass is 35.5. The predicted molar refractivity (Wildman–Crippen MR) is 164 cm³/mol. The topological polar surface area (TPSA) is 111 Å². The molecule has 3 unspecified atom stereocenters. The van der Waals surface area contributed by atoms with Gasteiger partial charge in [0.05, 0.1) is 23.7 Å². The number of halogens is 1. The Labute approximate surface area is 251 Å². The highest BCUT2D eigenvalue weighted by Gasteiger charge is 2.47. The summed E-state index contributed by atoms with van der Waals surface area (Å²) < 4.78 is 26.5. The number of nitrogens with zero attached hydrogens (tertiary/aromatic N) is 2. The molecule has 3 aromatic rings. The third-order valence-electron chi connectivity index (χ3n) is 8.23. The highest BCUT2D eigenvalue weighted by molar-refractivity contribution is 7.92. The van der Waals surface area contributed by atoms with Crippen LogP contribution in [0.1, 0.15) is 29.2 Å². The summed E-state index contributed by atoms with van der Waals surface area (Å²) in [6.07, 6.45) is 2.96. The van der Waals surface area contributed by atoms with E-state index in [0.29, 0.717) is 30.2 Å². The van der Waals surface area contributed by atoms with Gasteiger partial charge in [-0.3, -0.25) is 19.6 Å². The molecular weight excluding hydrogens is 574 g/mol. The quantitative estimate of drug-likeness (QED) is 0.363. The maximum atomic E-state index is 14.1. The van der Waals surface area contributed by atoms with Crippen molar-refractivity contribution in [3.05, 3.63) is 101 Å². The van der Waals surface area contributed by atoms with Crippen LogP contribution in [0.15, 0.2) is 72.8 Å². The van der Waals surface area contributed by atoms with E-state index in [1.807, 2.05) is 60.0 Å². The Bertz CT molecular complexity index is 1600. The zero-order valence-electron chi connectivity index (χ0n) is 23.2. The lowest BCUT2D eigenvalue weighted by molar-refractivity contribution is -0.137. The van der Waals surface area contributed by atoms with Gasteiger partial charge in [0.25, 0.3) is 0 Å². The van der Waals surface area contributed by atoms with Crippen molar-refractivity contribution in [3.63, 3.8) is 0 Å². The summed E-state index contributed by atoms with van der Waals surface area (Å²) in [5.74, 6) is -0.376. The molecule has 3 N–H and O–H groups in total. The second-order valence-corrected chi connectivity index (χ2v) is 13.4. The first kappa shape index (κ1) is 28.5. The van der Waals surface area contributed by atoms with E-state index in [1.165, 1.54) is 0 Å². The summed E-state index contributed by atoms with van der Waals surface area (Å²) in [6, 6.07) is 21.1. The molecule has 9 nitrogen and oxygen atoms in total. The molecule has 2 saturated heterocycles. The minimum Gasteiger partial charge on any atom is -0.363 e. The number of benzene rings is 3. The molecule has 219 valence electrons. The molecular formula is C31H33ClN5O4S. The lowest BCUT2D eigenvalue weighted by Crippen LogP contribution is -2.57. The van der Waals surface area contributed by atoms with Crippen LogP contribution in [0.25, 0.3) is 0 Å². The van der Waals surface area contributed by atoms with E-state index in [0.717, 1.165) is 41.5 Å². The van der Waals surface area contributed by atoms with Crippen molar-refractivity contribution >= 4 is 44.8 Å². The highest BCUT2D eigenvalue weighted by Crippen LogP contribution is 2.38. The van der Waals surface area contributed by atoms with Crippen molar-refractivity contribution in [2.75, 3.05) is 29.0 Å². The Morgan fingerprint density at radius 2 is 1.74 bits per heavy atom. The smallest absolute Gasteiger partial charge is 0.245 e. The summed E-state index contributed by atoms with van der Waals surface area (Å²) in [4.78, 5) is 31.8. The number of piperazine rings is 1. The van der Waals surface area contributed by atoms with Gasteiger partial charge in [0.1, 0.15) is 12.1 Å². The molecule has 0 saturated carbocycles. The number of sulfonamides is 1. The summed E-state index contributed by atoms with van der Waals surface area (Å²) in [5, 5.41) is 6.87. The SMILES string of the molecule is CS(=O)(=O)Nc1ccccc1N1CC2CC1CN2C(=O)[C@@H](Cc1ccc(Cl)cc1)NC(=O)C1N[CH]Cc2ccccc21. The Morgan fingerprint density at radius 3 is 2.48 bits per heavy atom. The van der Waals surface area contributed by atoms with E-state index >= 15 is 0 Å². The van der Waals surface area contributed by atoms with Gasteiger partial charge in [0.2, 0.25) is 21.8 Å². The van der Waals surface area contributed by atoms with Crippen molar-refractivity contribution in [2.24, 2.45) is 0 Å². The third-order valence-corrected chi connectivity index (χ3v) is 9.08. The number of carbonyl (C=O) groups is 2. The lowest BCUT2D eigenvalue weighted by Gasteiger charge is -2.38. The van der Waals surface area contributed by atoms with Crippen LogP contribution in [0, 0.1) is 6.54 Å². The second kappa shape index (κ2) is 11.6. The largest absolute Gasteiger partial charge is 0.363 e. The van der Waals surface area contributed by atoms with Gasteiger partial charge in [0.15, 0.2) is 0 Å². The number of hydrogen-bond donors (Lipinski definition) is 3. The van der Waals surface area contributed by atoms with Crippen molar-refractivity contribution in [2.45, 2.75) is 43.4 Å². The van der Waals surface area contributed by atoms with Crippen LogP contribution in [0.3, 0.4) is 0 Å². The van der Waals surface area contributed by atoms with E-state index in [2.05, 4.69) is 20.3 Å². The molecule has 0 aromatic heterocycles. The van der Waals surface area contributed by atoms with Gasteiger partial charge in [-0.25, -0.2) is 8.42 Å². The molecule has 3 aliphatic rings. The van der Waals surface area contributed by atoms with Gasteiger partial charge in [-0.15, -0.1) is 0 Å². The molecule has 3 aromatic carbocycles. The van der Waals surface area contributed by atoms with Crippen LogP contribution in [0.5, 0.6) is 0 Å². The van der Waals surface area contributed by atoms with Gasteiger partial charge >= 0.3 is 0 Å². The summed E-state index contributed by atoms with van der Waals surface area (Å²) in [7, 11) is -3.45. The third kappa shape index (κ3) is 5.97. The molecule has 0 spiro atoms. The number of carbonyl (C=O) groups excluding carboxylic acids is 2. The summed E-state index contributed by atoms with van der Waals surface area (Å²) in [6.45, 7) is 2.95. The molecule has 42 heavy (non-hydrogen) atoms. The fourth-order valence-corrected chi connectivity index (χ4v) is 7.05. The molecule has 2 amide bonds. The maximum Gasteiger partial charge on any atom is 0.245 e. The number of hydrogen-bond acceptors (Lipinski definition) is 6. The monoisotopic (exact) mass is 606 g/mol. The number of rotatable bonds is 8. The number of nitrogens with one attached hydrogen (secondary N) is 3. The number of fused-ring (bicyclic) bond motifs is 3. The fraction of sp³-hybridized carbons (Fsp3) is 0.323. The normalized spacial score (nSPS) is 22.0.